The maximum absolute atomic E-state index is 13.6. The van der Waals surface area contributed by atoms with Gasteiger partial charge in [0, 0.05) is 13.0 Å². The van der Waals surface area contributed by atoms with Crippen LogP contribution in [-0.2, 0) is 30.3 Å². The molecule has 174 valence electrons. The number of hydroxylamine groups is 2. The zero-order chi connectivity index (χ0) is 22.3. The Morgan fingerprint density at radius 1 is 1.19 bits per heavy atom. The van der Waals surface area contributed by atoms with E-state index in [2.05, 4.69) is 0 Å². The summed E-state index contributed by atoms with van der Waals surface area (Å²) in [7, 11) is 0. The number of carbonyl (C=O) groups is 3. The van der Waals surface area contributed by atoms with E-state index in [1.807, 2.05) is 30.3 Å². The van der Waals surface area contributed by atoms with Crippen LogP contribution in [0.25, 0.3) is 0 Å². The number of carbonyl (C=O) groups excluding carboxylic acids is 3. The predicted molar refractivity (Wildman–Crippen MR) is 115 cm³/mol. The monoisotopic (exact) mass is 444 g/mol. The fourth-order valence-electron chi connectivity index (χ4n) is 4.62. The average molecular weight is 445 g/mol. The molecule has 1 unspecified atom stereocenters. The lowest BCUT2D eigenvalue weighted by Gasteiger charge is -2.34. The summed E-state index contributed by atoms with van der Waals surface area (Å²) in [6.07, 6.45) is 6.62. The van der Waals surface area contributed by atoms with Gasteiger partial charge in [-0.25, -0.2) is 19.6 Å². The molecule has 1 saturated carbocycles. The second-order valence-electron chi connectivity index (χ2n) is 8.96. The molecule has 32 heavy (non-hydrogen) atoms. The number of nitrogens with zero attached hydrogens (tertiary/aromatic N) is 2. The lowest BCUT2D eigenvalue weighted by molar-refractivity contribution is -0.276. The number of imide groups is 1. The molecule has 1 aliphatic carbocycles. The highest BCUT2D eigenvalue weighted by molar-refractivity contribution is 5.95. The van der Waals surface area contributed by atoms with Gasteiger partial charge in [-0.05, 0) is 37.2 Å². The molecule has 0 radical (unpaired) electrons. The Bertz CT molecular complexity index is 778. The average Bonchev–Trinajstić information content (AvgIpc) is 3.15. The highest BCUT2D eigenvalue weighted by Crippen LogP contribution is 2.34. The summed E-state index contributed by atoms with van der Waals surface area (Å²) in [5.74, 6) is -0.395. The molecule has 2 heterocycles. The second-order valence-corrected chi connectivity index (χ2v) is 8.96. The summed E-state index contributed by atoms with van der Waals surface area (Å²) in [5, 5.41) is 1.17. The molecule has 4 rings (SSSR count). The van der Waals surface area contributed by atoms with Crippen LogP contribution in [-0.4, -0.2) is 60.5 Å². The van der Waals surface area contributed by atoms with Crippen LogP contribution in [0.3, 0.4) is 0 Å². The largest absolute Gasteiger partial charge is 0.447 e. The molecule has 3 aliphatic rings. The van der Waals surface area contributed by atoms with Crippen molar-refractivity contribution in [3.05, 3.63) is 35.9 Å². The van der Waals surface area contributed by atoms with E-state index in [0.717, 1.165) is 37.7 Å². The molecule has 1 aromatic rings. The molecule has 1 aromatic carbocycles. The predicted octanol–water partition coefficient (Wildman–Crippen LogP) is 3.30. The zero-order valence-electron chi connectivity index (χ0n) is 18.4. The highest BCUT2D eigenvalue weighted by Gasteiger charge is 2.42. The van der Waals surface area contributed by atoms with Crippen molar-refractivity contribution >= 4 is 18.4 Å². The van der Waals surface area contributed by atoms with Gasteiger partial charge in [0.25, 0.3) is 0 Å². The van der Waals surface area contributed by atoms with Gasteiger partial charge in [-0.1, -0.05) is 49.6 Å². The molecule has 3 fully saturated rings. The molecule has 2 saturated heterocycles. The first-order chi connectivity index (χ1) is 15.6. The Hall–Kier alpha value is -2.45. The first kappa shape index (κ1) is 22.7. The quantitative estimate of drug-likeness (QED) is 0.407. The molecular weight excluding hydrogens is 412 g/mol. The van der Waals surface area contributed by atoms with Crippen molar-refractivity contribution in [1.82, 2.24) is 9.96 Å². The van der Waals surface area contributed by atoms with Gasteiger partial charge in [-0.3, -0.25) is 9.59 Å². The molecule has 3 amide bonds. The normalized spacial score (nSPS) is 24.5. The van der Waals surface area contributed by atoms with E-state index < -0.39 is 18.3 Å². The molecular formula is C24H32N2O6. The van der Waals surface area contributed by atoms with Gasteiger partial charge >= 0.3 is 6.09 Å². The lowest BCUT2D eigenvalue weighted by atomic mass is 9.78. The topological polar surface area (TPSA) is 85.4 Å². The molecule has 8 heteroatoms. The number of hydrogen-bond donors (Lipinski definition) is 0. The van der Waals surface area contributed by atoms with E-state index in [0.29, 0.717) is 38.2 Å². The summed E-state index contributed by atoms with van der Waals surface area (Å²) in [6.45, 7) is 0.878. The van der Waals surface area contributed by atoms with E-state index in [1.54, 1.807) is 0 Å². The Balaban J connectivity index is 1.45. The van der Waals surface area contributed by atoms with Crippen molar-refractivity contribution in [2.75, 3.05) is 19.8 Å². The molecule has 0 N–H and O–H groups in total. The SMILES string of the molecule is O=CN(C[C@@H](CC1CCC1)C(=O)N1C(=O)OC[C@@H]1Cc1ccccc1)OC1CCCCO1. The third kappa shape index (κ3) is 5.66. The summed E-state index contributed by atoms with van der Waals surface area (Å²) < 4.78 is 10.8. The van der Waals surface area contributed by atoms with Crippen molar-refractivity contribution < 1.29 is 28.7 Å². The molecule has 0 bridgehead atoms. The molecule has 0 aromatic heterocycles. The summed E-state index contributed by atoms with van der Waals surface area (Å²) in [6, 6.07) is 9.40. The van der Waals surface area contributed by atoms with Gasteiger partial charge in [-0.15, -0.1) is 0 Å². The van der Waals surface area contributed by atoms with E-state index in [9.17, 15) is 14.4 Å². The van der Waals surface area contributed by atoms with E-state index in [1.165, 1.54) is 9.96 Å². The van der Waals surface area contributed by atoms with Gasteiger partial charge in [-0.2, -0.15) is 0 Å². The van der Waals surface area contributed by atoms with Gasteiger partial charge in [0.2, 0.25) is 12.3 Å². The highest BCUT2D eigenvalue weighted by atomic mass is 16.8. The Morgan fingerprint density at radius 2 is 2.00 bits per heavy atom. The van der Waals surface area contributed by atoms with Gasteiger partial charge in [0.1, 0.15) is 6.61 Å². The van der Waals surface area contributed by atoms with Gasteiger partial charge in [0.05, 0.1) is 18.5 Å². The number of ether oxygens (including phenoxy) is 2. The number of hydrogen-bond acceptors (Lipinski definition) is 6. The Kier molecular flexibility index (Phi) is 7.76. The van der Waals surface area contributed by atoms with Gasteiger partial charge in [0.15, 0.2) is 6.29 Å². The third-order valence-electron chi connectivity index (χ3n) is 6.61. The second kappa shape index (κ2) is 10.9. The molecule has 3 atom stereocenters. The number of rotatable bonds is 10. The fraction of sp³-hybridized carbons (Fsp3) is 0.625. The van der Waals surface area contributed by atoms with Crippen LogP contribution in [0, 0.1) is 11.8 Å². The molecule has 8 nitrogen and oxygen atoms in total. The van der Waals surface area contributed by atoms with Crippen LogP contribution in [0.1, 0.15) is 50.5 Å². The summed E-state index contributed by atoms with van der Waals surface area (Å²) in [4.78, 5) is 44.8. The van der Waals surface area contributed by atoms with E-state index >= 15 is 0 Å². The van der Waals surface area contributed by atoms with Crippen molar-refractivity contribution in [3.63, 3.8) is 0 Å². The van der Waals surface area contributed by atoms with Crippen LogP contribution < -0.4 is 0 Å². The number of cyclic esters (lactones) is 1. The molecule has 0 spiro atoms. The lowest BCUT2D eigenvalue weighted by Crippen LogP contribution is -2.47. The smallest absolute Gasteiger partial charge is 0.416 e. The van der Waals surface area contributed by atoms with E-state index in [-0.39, 0.29) is 25.1 Å². The first-order valence-electron chi connectivity index (χ1n) is 11.7. The van der Waals surface area contributed by atoms with Crippen LogP contribution in [0.15, 0.2) is 30.3 Å². The minimum Gasteiger partial charge on any atom is -0.447 e. The van der Waals surface area contributed by atoms with Gasteiger partial charge < -0.3 is 9.47 Å². The summed E-state index contributed by atoms with van der Waals surface area (Å²) >= 11 is 0. The van der Waals surface area contributed by atoms with Crippen LogP contribution in [0.2, 0.25) is 0 Å². The number of amides is 3. The van der Waals surface area contributed by atoms with Crippen LogP contribution >= 0.6 is 0 Å². The minimum atomic E-state index is -0.608. The maximum atomic E-state index is 13.6. The van der Waals surface area contributed by atoms with Crippen LogP contribution in [0.4, 0.5) is 4.79 Å². The zero-order valence-corrected chi connectivity index (χ0v) is 18.4. The molecule has 2 aliphatic heterocycles. The third-order valence-corrected chi connectivity index (χ3v) is 6.61. The van der Waals surface area contributed by atoms with Crippen molar-refractivity contribution in [3.8, 4) is 0 Å². The van der Waals surface area contributed by atoms with Crippen molar-refractivity contribution in [2.45, 2.75) is 63.7 Å². The van der Waals surface area contributed by atoms with Crippen molar-refractivity contribution in [2.24, 2.45) is 11.8 Å². The Morgan fingerprint density at radius 3 is 2.66 bits per heavy atom. The maximum Gasteiger partial charge on any atom is 0.416 e. The Labute approximate surface area is 188 Å². The summed E-state index contributed by atoms with van der Waals surface area (Å²) in [5.41, 5.74) is 1.04. The first-order valence-corrected chi connectivity index (χ1v) is 11.7. The van der Waals surface area contributed by atoms with Crippen molar-refractivity contribution in [1.29, 1.82) is 0 Å². The van der Waals surface area contributed by atoms with Crippen LogP contribution in [0.5, 0.6) is 0 Å². The minimum absolute atomic E-state index is 0.0977. The standard InChI is InChI=1S/C24H32N2O6/c27-17-25(32-22-11-4-5-12-30-22)15-20(13-18-9-6-10-18)23(28)26-21(16-31-24(26)29)14-19-7-2-1-3-8-19/h1-3,7-8,17-18,20-22H,4-6,9-16H2/t20-,21+,22?/m1/s1. The fourth-order valence-corrected chi connectivity index (χ4v) is 4.62. The van der Waals surface area contributed by atoms with E-state index in [4.69, 9.17) is 14.3 Å². The number of benzene rings is 1.